The van der Waals surface area contributed by atoms with Crippen LogP contribution in [-0.4, -0.2) is 29.6 Å². The third kappa shape index (κ3) is 2.51. The highest BCUT2D eigenvalue weighted by molar-refractivity contribution is 5.87. The molecule has 0 bridgehead atoms. The lowest BCUT2D eigenvalue weighted by molar-refractivity contribution is -0.144. The van der Waals surface area contributed by atoms with Crippen LogP contribution in [-0.2, 0) is 20.7 Å². The van der Waals surface area contributed by atoms with Crippen molar-refractivity contribution in [1.82, 2.24) is 5.32 Å². The quantitative estimate of drug-likeness (QED) is 0.834. The second-order valence-corrected chi connectivity index (χ2v) is 4.27. The highest BCUT2D eigenvalue weighted by atomic mass is 16.5. The average molecular weight is 249 g/mol. The number of amides is 1. The van der Waals surface area contributed by atoms with Crippen molar-refractivity contribution in [3.63, 3.8) is 0 Å². The van der Waals surface area contributed by atoms with Crippen molar-refractivity contribution >= 4 is 11.9 Å². The monoisotopic (exact) mass is 249 g/mol. The van der Waals surface area contributed by atoms with E-state index in [4.69, 9.17) is 9.84 Å². The van der Waals surface area contributed by atoms with Crippen LogP contribution in [0.3, 0.4) is 0 Å². The fourth-order valence-corrected chi connectivity index (χ4v) is 1.96. The lowest BCUT2D eigenvalue weighted by atomic mass is 9.97. The van der Waals surface area contributed by atoms with Gasteiger partial charge in [-0.25, -0.2) is 0 Å². The molecule has 2 rings (SSSR count). The maximum atomic E-state index is 12.0. The van der Waals surface area contributed by atoms with Crippen molar-refractivity contribution in [2.45, 2.75) is 25.5 Å². The molecule has 1 aliphatic heterocycles. The number of fused-ring (bicyclic) bond motifs is 1. The Morgan fingerprint density at radius 2 is 2.17 bits per heavy atom. The summed E-state index contributed by atoms with van der Waals surface area (Å²) in [6, 6.07) is 6.63. The van der Waals surface area contributed by atoms with Gasteiger partial charge in [0, 0.05) is 0 Å². The third-order valence-electron chi connectivity index (χ3n) is 2.96. The summed E-state index contributed by atoms with van der Waals surface area (Å²) in [6.45, 7) is 1.89. The zero-order valence-electron chi connectivity index (χ0n) is 10.1. The van der Waals surface area contributed by atoms with Crippen molar-refractivity contribution in [2.24, 2.45) is 0 Å². The molecule has 0 radical (unpaired) electrons. The molecule has 18 heavy (non-hydrogen) atoms. The summed E-state index contributed by atoms with van der Waals surface area (Å²) >= 11 is 0. The zero-order valence-corrected chi connectivity index (χ0v) is 10.1. The normalized spacial score (nSPS) is 19.7. The number of carboxylic acid groups (broad SMARTS) is 1. The van der Waals surface area contributed by atoms with Crippen LogP contribution in [0, 0.1) is 0 Å². The molecule has 0 saturated heterocycles. The molecule has 96 valence electrons. The van der Waals surface area contributed by atoms with E-state index in [2.05, 4.69) is 5.32 Å². The van der Waals surface area contributed by atoms with Gasteiger partial charge in [-0.05, 0) is 24.5 Å². The minimum Gasteiger partial charge on any atom is -0.480 e. The van der Waals surface area contributed by atoms with E-state index >= 15 is 0 Å². The first-order valence-corrected chi connectivity index (χ1v) is 5.82. The highest BCUT2D eigenvalue weighted by Gasteiger charge is 2.28. The molecule has 1 aromatic carbocycles. The molecular weight excluding hydrogens is 234 g/mol. The van der Waals surface area contributed by atoms with Gasteiger partial charge < -0.3 is 15.2 Å². The van der Waals surface area contributed by atoms with Crippen LogP contribution in [0.25, 0.3) is 0 Å². The Kier molecular flexibility index (Phi) is 3.62. The average Bonchev–Trinajstić information content (AvgIpc) is 2.37. The summed E-state index contributed by atoms with van der Waals surface area (Å²) < 4.78 is 5.44. The number of ether oxygens (including phenoxy) is 1. The summed E-state index contributed by atoms with van der Waals surface area (Å²) in [5.74, 6) is -1.47. The Labute approximate surface area is 105 Å². The van der Waals surface area contributed by atoms with Crippen molar-refractivity contribution in [3.8, 4) is 0 Å². The topological polar surface area (TPSA) is 75.6 Å². The fraction of sp³-hybridized carbons (Fsp3) is 0.385. The molecule has 0 spiro atoms. The van der Waals surface area contributed by atoms with E-state index in [9.17, 15) is 9.59 Å². The number of benzene rings is 1. The smallest absolute Gasteiger partial charge is 0.325 e. The van der Waals surface area contributed by atoms with Gasteiger partial charge in [0.15, 0.2) is 6.10 Å². The second kappa shape index (κ2) is 5.18. The van der Waals surface area contributed by atoms with Gasteiger partial charge >= 0.3 is 5.97 Å². The number of aliphatic carboxylic acids is 1. The zero-order chi connectivity index (χ0) is 13.1. The molecule has 1 unspecified atom stereocenters. The van der Waals surface area contributed by atoms with E-state index in [0.717, 1.165) is 17.5 Å². The number of hydrogen-bond donors (Lipinski definition) is 2. The number of carbonyl (C=O) groups excluding carboxylic acids is 1. The summed E-state index contributed by atoms with van der Waals surface area (Å²) in [6.07, 6.45) is 0.0609. The van der Waals surface area contributed by atoms with E-state index in [1.807, 2.05) is 24.3 Å². The molecule has 0 saturated carbocycles. The van der Waals surface area contributed by atoms with Crippen LogP contribution in [0.15, 0.2) is 24.3 Å². The summed E-state index contributed by atoms with van der Waals surface area (Å²) in [4.78, 5) is 22.7. The summed E-state index contributed by atoms with van der Waals surface area (Å²) in [7, 11) is 0. The Hall–Kier alpha value is -1.88. The van der Waals surface area contributed by atoms with Gasteiger partial charge in [-0.2, -0.15) is 0 Å². The Balaban J connectivity index is 2.15. The predicted octanol–water partition coefficient (Wildman–Crippen LogP) is 0.890. The molecular formula is C13H15NO4. The molecule has 2 N–H and O–H groups in total. The van der Waals surface area contributed by atoms with Gasteiger partial charge in [0.05, 0.1) is 6.61 Å². The number of carbonyl (C=O) groups is 2. The second-order valence-electron chi connectivity index (χ2n) is 4.27. The Bertz CT molecular complexity index is 472. The van der Waals surface area contributed by atoms with E-state index < -0.39 is 24.0 Å². The lowest BCUT2D eigenvalue weighted by Gasteiger charge is -2.25. The van der Waals surface area contributed by atoms with E-state index in [0.29, 0.717) is 6.61 Å². The standard InChI is InChI=1S/C13H15NO4/c1-8(13(16)17)14-12(15)11-10-5-3-2-4-9(10)6-7-18-11/h2-5,8,11H,6-7H2,1H3,(H,14,15)(H,16,17)/t8-,11?/m0/s1. The van der Waals surface area contributed by atoms with E-state index in [-0.39, 0.29) is 0 Å². The van der Waals surface area contributed by atoms with Crippen molar-refractivity contribution in [1.29, 1.82) is 0 Å². The highest BCUT2D eigenvalue weighted by Crippen LogP contribution is 2.26. The van der Waals surface area contributed by atoms with Crippen molar-refractivity contribution < 1.29 is 19.4 Å². The maximum Gasteiger partial charge on any atom is 0.325 e. The van der Waals surface area contributed by atoms with Crippen LogP contribution in [0.2, 0.25) is 0 Å². The SMILES string of the molecule is C[C@H](NC(=O)C1OCCc2ccccc21)C(=O)O. The van der Waals surface area contributed by atoms with Gasteiger partial charge in [-0.15, -0.1) is 0 Å². The van der Waals surface area contributed by atoms with E-state index in [1.54, 1.807) is 0 Å². The van der Waals surface area contributed by atoms with Crippen LogP contribution < -0.4 is 5.32 Å². The molecule has 0 fully saturated rings. The minimum atomic E-state index is -1.06. The van der Waals surface area contributed by atoms with Crippen LogP contribution >= 0.6 is 0 Å². The summed E-state index contributed by atoms with van der Waals surface area (Å²) in [5, 5.41) is 11.2. The van der Waals surface area contributed by atoms with Gasteiger partial charge in [-0.1, -0.05) is 24.3 Å². The number of nitrogens with one attached hydrogen (secondary N) is 1. The molecule has 0 aromatic heterocycles. The van der Waals surface area contributed by atoms with Gasteiger partial charge in [-0.3, -0.25) is 9.59 Å². The minimum absolute atomic E-state index is 0.406. The maximum absolute atomic E-state index is 12.0. The van der Waals surface area contributed by atoms with Crippen molar-refractivity contribution in [3.05, 3.63) is 35.4 Å². The van der Waals surface area contributed by atoms with Gasteiger partial charge in [0.1, 0.15) is 6.04 Å². The number of hydrogen-bond acceptors (Lipinski definition) is 3. The van der Waals surface area contributed by atoms with Gasteiger partial charge in [0.25, 0.3) is 5.91 Å². The molecule has 0 aliphatic carbocycles. The predicted molar refractivity (Wildman–Crippen MR) is 64.1 cm³/mol. The largest absolute Gasteiger partial charge is 0.480 e. The molecule has 1 aliphatic rings. The van der Waals surface area contributed by atoms with Crippen molar-refractivity contribution in [2.75, 3.05) is 6.61 Å². The lowest BCUT2D eigenvalue weighted by Crippen LogP contribution is -2.42. The number of carboxylic acids is 1. The fourth-order valence-electron chi connectivity index (χ4n) is 1.96. The molecule has 1 amide bonds. The van der Waals surface area contributed by atoms with E-state index in [1.165, 1.54) is 6.92 Å². The third-order valence-corrected chi connectivity index (χ3v) is 2.96. The summed E-state index contributed by atoms with van der Waals surface area (Å²) in [5.41, 5.74) is 1.89. The Morgan fingerprint density at radius 1 is 1.44 bits per heavy atom. The van der Waals surface area contributed by atoms with Crippen LogP contribution in [0.5, 0.6) is 0 Å². The number of rotatable bonds is 3. The Morgan fingerprint density at radius 3 is 2.89 bits per heavy atom. The molecule has 5 nitrogen and oxygen atoms in total. The molecule has 1 aromatic rings. The first-order valence-electron chi connectivity index (χ1n) is 5.82. The van der Waals surface area contributed by atoms with Crippen LogP contribution in [0.1, 0.15) is 24.2 Å². The van der Waals surface area contributed by atoms with Gasteiger partial charge in [0.2, 0.25) is 0 Å². The molecule has 2 atom stereocenters. The molecule has 1 heterocycles. The van der Waals surface area contributed by atoms with Crippen LogP contribution in [0.4, 0.5) is 0 Å². The first-order chi connectivity index (χ1) is 8.59. The molecule has 5 heteroatoms. The first kappa shape index (κ1) is 12.6.